The Labute approximate surface area is 167 Å². The zero-order chi connectivity index (χ0) is 20.1. The molecular weight excluding hydrogens is 373 g/mol. The first-order chi connectivity index (χ1) is 14.2. The molecule has 0 aliphatic carbocycles. The van der Waals surface area contributed by atoms with E-state index in [1.54, 1.807) is 18.3 Å². The minimum Gasteiger partial charge on any atom is -0.335 e. The summed E-state index contributed by atoms with van der Waals surface area (Å²) in [6, 6.07) is 9.96. The summed E-state index contributed by atoms with van der Waals surface area (Å²) < 4.78 is 14.5. The molecule has 0 radical (unpaired) electrons. The van der Waals surface area contributed by atoms with Gasteiger partial charge in [0.2, 0.25) is 0 Å². The summed E-state index contributed by atoms with van der Waals surface area (Å²) in [7, 11) is 0. The molecule has 1 aliphatic heterocycles. The molecule has 0 spiro atoms. The van der Waals surface area contributed by atoms with E-state index in [-0.39, 0.29) is 17.9 Å². The van der Waals surface area contributed by atoms with Crippen LogP contribution in [-0.4, -0.2) is 49.8 Å². The maximum absolute atomic E-state index is 13.0. The number of likely N-dealkylation sites (tertiary alicyclic amines) is 1. The van der Waals surface area contributed by atoms with Gasteiger partial charge in [0.05, 0.1) is 5.69 Å². The van der Waals surface area contributed by atoms with Crippen LogP contribution in [0.5, 0.6) is 0 Å². The molecule has 150 valence electrons. The number of pyridine rings is 1. The Morgan fingerprint density at radius 1 is 1.17 bits per heavy atom. The molecule has 2 N–H and O–H groups in total. The molecular formula is C20H22FN7O. The average Bonchev–Trinajstić information content (AvgIpc) is 3.26. The Hall–Kier alpha value is -3.33. The van der Waals surface area contributed by atoms with Crippen LogP contribution in [-0.2, 0) is 6.54 Å². The monoisotopic (exact) mass is 395 g/mol. The fourth-order valence-corrected chi connectivity index (χ4v) is 3.42. The van der Waals surface area contributed by atoms with Gasteiger partial charge in [0.25, 0.3) is 0 Å². The van der Waals surface area contributed by atoms with Gasteiger partial charge in [0, 0.05) is 31.9 Å². The summed E-state index contributed by atoms with van der Waals surface area (Å²) in [5.74, 6) is 0.289. The zero-order valence-corrected chi connectivity index (χ0v) is 15.8. The maximum Gasteiger partial charge on any atom is 0.319 e. The molecule has 0 saturated carbocycles. The van der Waals surface area contributed by atoms with Crippen molar-refractivity contribution in [3.8, 4) is 5.82 Å². The van der Waals surface area contributed by atoms with Gasteiger partial charge in [-0.05, 0) is 42.7 Å². The van der Waals surface area contributed by atoms with E-state index in [9.17, 15) is 9.18 Å². The van der Waals surface area contributed by atoms with Crippen molar-refractivity contribution in [3.05, 3.63) is 66.6 Å². The van der Waals surface area contributed by atoms with Gasteiger partial charge in [-0.3, -0.25) is 4.90 Å². The van der Waals surface area contributed by atoms with Gasteiger partial charge >= 0.3 is 6.03 Å². The summed E-state index contributed by atoms with van der Waals surface area (Å²) in [6.45, 7) is 2.54. The summed E-state index contributed by atoms with van der Waals surface area (Å²) in [5, 5.41) is 9.95. The maximum atomic E-state index is 13.0. The summed E-state index contributed by atoms with van der Waals surface area (Å²) in [5.41, 5.74) is 1.65. The molecule has 9 heteroatoms. The number of piperidine rings is 1. The zero-order valence-electron chi connectivity index (χ0n) is 15.8. The first-order valence-corrected chi connectivity index (χ1v) is 9.52. The van der Waals surface area contributed by atoms with E-state index in [1.165, 1.54) is 29.5 Å². The van der Waals surface area contributed by atoms with E-state index < -0.39 is 0 Å². The lowest BCUT2D eigenvalue weighted by Gasteiger charge is -2.32. The lowest BCUT2D eigenvalue weighted by atomic mass is 10.0. The first kappa shape index (κ1) is 19.0. The second-order valence-electron chi connectivity index (χ2n) is 6.99. The van der Waals surface area contributed by atoms with E-state index in [1.807, 2.05) is 12.1 Å². The average molecular weight is 395 g/mol. The van der Waals surface area contributed by atoms with Crippen LogP contribution in [0.25, 0.3) is 5.82 Å². The normalized spacial score (nSPS) is 15.2. The third-order valence-electron chi connectivity index (χ3n) is 4.91. The van der Waals surface area contributed by atoms with Gasteiger partial charge in [0.15, 0.2) is 5.82 Å². The van der Waals surface area contributed by atoms with E-state index >= 15 is 0 Å². The molecule has 1 fully saturated rings. The summed E-state index contributed by atoms with van der Waals surface area (Å²) >= 11 is 0. The Morgan fingerprint density at radius 2 is 1.97 bits per heavy atom. The Bertz CT molecular complexity index is 938. The molecule has 2 aromatic heterocycles. The van der Waals surface area contributed by atoms with E-state index in [0.717, 1.165) is 38.0 Å². The Balaban J connectivity index is 1.28. The molecule has 3 aromatic rings. The van der Waals surface area contributed by atoms with Crippen LogP contribution in [0.15, 0.2) is 55.2 Å². The molecule has 0 atom stereocenters. The second-order valence-corrected chi connectivity index (χ2v) is 6.99. The number of urea groups is 1. The third-order valence-corrected chi connectivity index (χ3v) is 4.91. The van der Waals surface area contributed by atoms with Crippen LogP contribution < -0.4 is 10.6 Å². The van der Waals surface area contributed by atoms with Gasteiger partial charge in [-0.2, -0.15) is 5.10 Å². The SMILES string of the molecule is O=C(Nc1cccnc1-n1cncn1)NC1CCN(Cc2ccc(F)cc2)CC1. The lowest BCUT2D eigenvalue weighted by Crippen LogP contribution is -2.45. The number of halogens is 1. The highest BCUT2D eigenvalue weighted by Gasteiger charge is 2.21. The number of aromatic nitrogens is 4. The number of hydrogen-bond donors (Lipinski definition) is 2. The van der Waals surface area contributed by atoms with Gasteiger partial charge < -0.3 is 10.6 Å². The number of amides is 2. The number of hydrogen-bond acceptors (Lipinski definition) is 5. The molecule has 2 amide bonds. The topological polar surface area (TPSA) is 88.0 Å². The Morgan fingerprint density at radius 3 is 2.69 bits per heavy atom. The largest absolute Gasteiger partial charge is 0.335 e. The minimum atomic E-state index is -0.267. The highest BCUT2D eigenvalue weighted by Crippen LogP contribution is 2.17. The lowest BCUT2D eigenvalue weighted by molar-refractivity contribution is 0.190. The predicted molar refractivity (Wildman–Crippen MR) is 106 cm³/mol. The molecule has 8 nitrogen and oxygen atoms in total. The molecule has 0 unspecified atom stereocenters. The van der Waals surface area contributed by atoms with Crippen molar-refractivity contribution in [3.63, 3.8) is 0 Å². The van der Waals surface area contributed by atoms with E-state index in [0.29, 0.717) is 11.5 Å². The Kier molecular flexibility index (Phi) is 5.76. The van der Waals surface area contributed by atoms with Crippen molar-refractivity contribution < 1.29 is 9.18 Å². The number of anilines is 1. The number of carbonyl (C=O) groups is 1. The fourth-order valence-electron chi connectivity index (χ4n) is 3.42. The molecule has 0 bridgehead atoms. The highest BCUT2D eigenvalue weighted by molar-refractivity contribution is 5.91. The van der Waals surface area contributed by atoms with Crippen molar-refractivity contribution >= 4 is 11.7 Å². The van der Waals surface area contributed by atoms with Crippen molar-refractivity contribution in [2.75, 3.05) is 18.4 Å². The fraction of sp³-hybridized carbons (Fsp3) is 0.300. The molecule has 1 aromatic carbocycles. The standard InChI is InChI=1S/C20H22FN7O/c21-16-5-3-15(4-6-16)12-27-10-7-17(8-11-27)25-20(29)26-18-2-1-9-23-19(18)28-14-22-13-24-28/h1-6,9,13-14,17H,7-8,10-12H2,(H2,25,26,29). The molecule has 3 heterocycles. The van der Waals surface area contributed by atoms with Crippen molar-refractivity contribution in [2.24, 2.45) is 0 Å². The highest BCUT2D eigenvalue weighted by atomic mass is 19.1. The van der Waals surface area contributed by atoms with Gasteiger partial charge in [0.1, 0.15) is 18.5 Å². The molecule has 4 rings (SSSR count). The number of benzene rings is 1. The minimum absolute atomic E-state index is 0.103. The molecule has 29 heavy (non-hydrogen) atoms. The number of nitrogens with zero attached hydrogens (tertiary/aromatic N) is 5. The van der Waals surface area contributed by atoms with Crippen LogP contribution in [0.4, 0.5) is 14.9 Å². The summed E-state index contributed by atoms with van der Waals surface area (Å²) in [6.07, 6.45) is 6.30. The van der Waals surface area contributed by atoms with Crippen LogP contribution in [0.2, 0.25) is 0 Å². The van der Waals surface area contributed by atoms with Gasteiger partial charge in [-0.15, -0.1) is 0 Å². The van der Waals surface area contributed by atoms with Crippen molar-refractivity contribution in [1.29, 1.82) is 0 Å². The van der Waals surface area contributed by atoms with Crippen LogP contribution in [0.1, 0.15) is 18.4 Å². The molecule has 1 aliphatic rings. The number of carbonyl (C=O) groups excluding carboxylic acids is 1. The van der Waals surface area contributed by atoms with Crippen LogP contribution in [0.3, 0.4) is 0 Å². The predicted octanol–water partition coefficient (Wildman–Crippen LogP) is 2.59. The van der Waals surface area contributed by atoms with Crippen LogP contribution >= 0.6 is 0 Å². The number of nitrogens with one attached hydrogen (secondary N) is 2. The van der Waals surface area contributed by atoms with Crippen LogP contribution in [0, 0.1) is 5.82 Å². The second kappa shape index (κ2) is 8.78. The molecule has 1 saturated heterocycles. The smallest absolute Gasteiger partial charge is 0.319 e. The number of rotatable bonds is 5. The van der Waals surface area contributed by atoms with Crippen molar-refractivity contribution in [1.82, 2.24) is 30.0 Å². The van der Waals surface area contributed by atoms with E-state index in [4.69, 9.17) is 0 Å². The van der Waals surface area contributed by atoms with Crippen molar-refractivity contribution in [2.45, 2.75) is 25.4 Å². The van der Waals surface area contributed by atoms with Gasteiger partial charge in [-0.25, -0.2) is 23.8 Å². The van der Waals surface area contributed by atoms with E-state index in [2.05, 4.69) is 30.6 Å². The summed E-state index contributed by atoms with van der Waals surface area (Å²) in [4.78, 5) is 23.0. The first-order valence-electron chi connectivity index (χ1n) is 9.52. The van der Waals surface area contributed by atoms with Gasteiger partial charge in [-0.1, -0.05) is 12.1 Å². The quantitative estimate of drug-likeness (QED) is 0.693. The third kappa shape index (κ3) is 4.94.